The van der Waals surface area contributed by atoms with Crippen molar-refractivity contribution in [3.05, 3.63) is 65.4 Å². The fraction of sp³-hybridized carbons (Fsp3) is 0.435. The molecule has 1 saturated heterocycles. The Morgan fingerprint density at radius 3 is 2.66 bits per heavy atom. The van der Waals surface area contributed by atoms with Gasteiger partial charge in [-0.15, -0.1) is 5.10 Å². The van der Waals surface area contributed by atoms with Gasteiger partial charge in [0.2, 0.25) is 0 Å². The number of amides is 1. The highest BCUT2D eigenvalue weighted by Gasteiger charge is 2.34. The minimum Gasteiger partial charge on any atom is -0.459 e. The number of aromatic nitrogens is 4. The minimum atomic E-state index is -0.181. The van der Waals surface area contributed by atoms with Crippen molar-refractivity contribution in [3.8, 4) is 6.07 Å². The van der Waals surface area contributed by atoms with E-state index in [9.17, 15) is 10.1 Å². The second-order valence-corrected chi connectivity index (χ2v) is 8.37. The Bertz CT molecular complexity index is 1100. The molecule has 1 atom stereocenters. The van der Waals surface area contributed by atoms with Crippen molar-refractivity contribution in [1.29, 1.82) is 5.26 Å². The monoisotopic (exact) mass is 431 g/mol. The van der Waals surface area contributed by atoms with Crippen molar-refractivity contribution in [2.45, 2.75) is 37.8 Å². The van der Waals surface area contributed by atoms with Crippen LogP contribution < -0.4 is 0 Å². The average Bonchev–Trinajstić information content (AvgIpc) is 3.62. The Hall–Kier alpha value is -3.51. The van der Waals surface area contributed by atoms with Crippen LogP contribution in [0.25, 0.3) is 0 Å². The Labute approximate surface area is 186 Å². The molecule has 0 N–H and O–H groups in total. The highest BCUT2D eigenvalue weighted by molar-refractivity contribution is 5.91. The molecule has 5 rings (SSSR count). The molecular formula is C23H25N7O2. The van der Waals surface area contributed by atoms with Gasteiger partial charge in [-0.25, -0.2) is 4.68 Å². The predicted octanol–water partition coefficient (Wildman–Crippen LogP) is 2.80. The van der Waals surface area contributed by atoms with Gasteiger partial charge in [0.05, 0.1) is 30.0 Å². The molecule has 164 valence electrons. The van der Waals surface area contributed by atoms with Gasteiger partial charge >= 0.3 is 0 Å². The maximum Gasteiger partial charge on any atom is 0.289 e. The van der Waals surface area contributed by atoms with Crippen LogP contribution in [0.2, 0.25) is 0 Å². The number of nitriles is 1. The number of rotatable bonds is 5. The Morgan fingerprint density at radius 2 is 1.94 bits per heavy atom. The standard InChI is InChI=1S/C23H25N7O2/c24-16-17-5-3-6-18(15-17)21(22-25-26-27-30(22)19-7-1-2-8-19)28-10-12-29(13-11-28)23(31)20-9-4-14-32-20/h3-6,9,14-15,19,21H,1-2,7-8,10-13H2/t21-/m1/s1. The summed E-state index contributed by atoms with van der Waals surface area (Å²) in [7, 11) is 0. The van der Waals surface area contributed by atoms with Crippen LogP contribution in [0, 0.1) is 11.3 Å². The summed E-state index contributed by atoms with van der Waals surface area (Å²) in [6.07, 6.45) is 6.05. The lowest BCUT2D eigenvalue weighted by atomic mass is 10.0. The van der Waals surface area contributed by atoms with Crippen LogP contribution >= 0.6 is 0 Å². The summed E-state index contributed by atoms with van der Waals surface area (Å²) in [6.45, 7) is 2.51. The molecule has 0 bridgehead atoms. The molecule has 1 aliphatic carbocycles. The third kappa shape index (κ3) is 3.89. The number of carbonyl (C=O) groups excluding carboxylic acids is 1. The molecule has 2 aliphatic rings. The van der Waals surface area contributed by atoms with Gasteiger partial charge in [-0.3, -0.25) is 9.69 Å². The molecule has 9 heteroatoms. The van der Waals surface area contributed by atoms with Gasteiger partial charge in [0, 0.05) is 26.2 Å². The first-order valence-corrected chi connectivity index (χ1v) is 11.1. The molecule has 0 spiro atoms. The van der Waals surface area contributed by atoms with Gasteiger partial charge in [-0.1, -0.05) is 25.0 Å². The fourth-order valence-electron chi connectivity index (χ4n) is 4.83. The normalized spacial score (nSPS) is 18.5. The molecule has 32 heavy (non-hydrogen) atoms. The second kappa shape index (κ2) is 8.93. The van der Waals surface area contributed by atoms with Crippen molar-refractivity contribution in [2.75, 3.05) is 26.2 Å². The zero-order chi connectivity index (χ0) is 21.9. The fourth-order valence-corrected chi connectivity index (χ4v) is 4.83. The largest absolute Gasteiger partial charge is 0.459 e. The number of furan rings is 1. The van der Waals surface area contributed by atoms with Gasteiger partial charge < -0.3 is 9.32 Å². The van der Waals surface area contributed by atoms with E-state index >= 15 is 0 Å². The molecule has 3 heterocycles. The van der Waals surface area contributed by atoms with Crippen LogP contribution in [0.4, 0.5) is 0 Å². The topological polar surface area (TPSA) is 104 Å². The quantitative estimate of drug-likeness (QED) is 0.612. The van der Waals surface area contributed by atoms with E-state index in [1.54, 1.807) is 18.2 Å². The molecule has 0 unspecified atom stereocenters. The molecule has 2 fully saturated rings. The first-order chi connectivity index (χ1) is 15.7. The molecule has 3 aromatic rings. The summed E-state index contributed by atoms with van der Waals surface area (Å²) < 4.78 is 7.27. The molecule has 1 saturated carbocycles. The maximum absolute atomic E-state index is 12.7. The molecule has 1 aromatic carbocycles. The van der Waals surface area contributed by atoms with E-state index < -0.39 is 0 Å². The Kier molecular flexibility index (Phi) is 5.69. The maximum atomic E-state index is 12.7. The number of tetrazole rings is 1. The lowest BCUT2D eigenvalue weighted by molar-refractivity contribution is 0.0558. The van der Waals surface area contributed by atoms with Gasteiger partial charge in [0.1, 0.15) is 0 Å². The van der Waals surface area contributed by atoms with Crippen molar-refractivity contribution >= 4 is 5.91 Å². The van der Waals surface area contributed by atoms with Crippen LogP contribution in [0.15, 0.2) is 47.1 Å². The zero-order valence-corrected chi connectivity index (χ0v) is 17.8. The number of nitrogens with zero attached hydrogens (tertiary/aromatic N) is 7. The summed E-state index contributed by atoms with van der Waals surface area (Å²) in [5.41, 5.74) is 1.60. The van der Waals surface area contributed by atoms with E-state index in [1.807, 2.05) is 27.8 Å². The Balaban J connectivity index is 1.43. The molecule has 2 aromatic heterocycles. The zero-order valence-electron chi connectivity index (χ0n) is 17.8. The minimum absolute atomic E-state index is 0.0894. The number of piperazine rings is 1. The first-order valence-electron chi connectivity index (χ1n) is 11.1. The van der Waals surface area contributed by atoms with Crippen LogP contribution in [0.3, 0.4) is 0 Å². The van der Waals surface area contributed by atoms with Crippen LogP contribution in [-0.4, -0.2) is 62.1 Å². The summed E-state index contributed by atoms with van der Waals surface area (Å²) in [4.78, 5) is 16.8. The molecular weight excluding hydrogens is 406 g/mol. The summed E-state index contributed by atoms with van der Waals surface area (Å²) in [5, 5.41) is 22.2. The number of carbonyl (C=O) groups is 1. The van der Waals surface area contributed by atoms with Crippen molar-refractivity contribution < 1.29 is 9.21 Å². The molecule has 9 nitrogen and oxygen atoms in total. The highest BCUT2D eigenvalue weighted by atomic mass is 16.3. The average molecular weight is 432 g/mol. The Morgan fingerprint density at radius 1 is 1.12 bits per heavy atom. The van der Waals surface area contributed by atoms with Crippen LogP contribution in [0.1, 0.15) is 65.3 Å². The highest BCUT2D eigenvalue weighted by Crippen LogP contribution is 2.34. The van der Waals surface area contributed by atoms with Gasteiger partial charge in [0.15, 0.2) is 11.6 Å². The summed E-state index contributed by atoms with van der Waals surface area (Å²) >= 11 is 0. The lowest BCUT2D eigenvalue weighted by Gasteiger charge is -2.38. The van der Waals surface area contributed by atoms with E-state index in [-0.39, 0.29) is 11.9 Å². The van der Waals surface area contributed by atoms with E-state index in [4.69, 9.17) is 4.42 Å². The van der Waals surface area contributed by atoms with Crippen molar-refractivity contribution in [3.63, 3.8) is 0 Å². The molecule has 1 amide bonds. The summed E-state index contributed by atoms with van der Waals surface area (Å²) in [5.74, 6) is 1.08. The van der Waals surface area contributed by atoms with E-state index in [2.05, 4.69) is 26.5 Å². The SMILES string of the molecule is N#Cc1cccc([C@H](c2nnnn2C2CCCC2)N2CCN(C(=O)c3ccco3)CC2)c1. The van der Waals surface area contributed by atoms with Crippen LogP contribution in [-0.2, 0) is 0 Å². The third-order valence-electron chi connectivity index (χ3n) is 6.46. The predicted molar refractivity (Wildman–Crippen MR) is 115 cm³/mol. The van der Waals surface area contributed by atoms with Gasteiger partial charge in [-0.2, -0.15) is 5.26 Å². The lowest BCUT2D eigenvalue weighted by Crippen LogP contribution is -2.50. The number of hydrogen-bond donors (Lipinski definition) is 0. The van der Waals surface area contributed by atoms with E-state index in [0.717, 1.165) is 24.2 Å². The van der Waals surface area contributed by atoms with E-state index in [1.165, 1.54) is 19.1 Å². The van der Waals surface area contributed by atoms with Gasteiger partial charge in [0.25, 0.3) is 5.91 Å². The molecule has 0 radical (unpaired) electrons. The third-order valence-corrected chi connectivity index (χ3v) is 6.46. The van der Waals surface area contributed by atoms with Gasteiger partial charge in [-0.05, 0) is 53.1 Å². The second-order valence-electron chi connectivity index (χ2n) is 8.37. The van der Waals surface area contributed by atoms with E-state index in [0.29, 0.717) is 43.5 Å². The van der Waals surface area contributed by atoms with Crippen molar-refractivity contribution in [1.82, 2.24) is 30.0 Å². The number of benzene rings is 1. The number of hydrogen-bond acceptors (Lipinski definition) is 7. The van der Waals surface area contributed by atoms with Crippen molar-refractivity contribution in [2.24, 2.45) is 0 Å². The molecule has 1 aliphatic heterocycles. The smallest absolute Gasteiger partial charge is 0.289 e. The first kappa shape index (κ1) is 20.4. The summed E-state index contributed by atoms with van der Waals surface area (Å²) in [6, 6.07) is 13.4. The van der Waals surface area contributed by atoms with Crippen LogP contribution in [0.5, 0.6) is 0 Å².